The van der Waals surface area contributed by atoms with E-state index in [1.54, 1.807) is 6.20 Å². The quantitative estimate of drug-likeness (QED) is 0.514. The highest BCUT2D eigenvalue weighted by Crippen LogP contribution is 2.39. The van der Waals surface area contributed by atoms with Crippen molar-refractivity contribution in [3.8, 4) is 10.6 Å². The molecule has 1 aromatic carbocycles. The van der Waals surface area contributed by atoms with Gasteiger partial charge in [0.2, 0.25) is 0 Å². The molecule has 0 saturated carbocycles. The summed E-state index contributed by atoms with van der Waals surface area (Å²) in [5, 5.41) is 3.00. The van der Waals surface area contributed by atoms with Gasteiger partial charge >= 0.3 is 0 Å². The van der Waals surface area contributed by atoms with Crippen molar-refractivity contribution in [2.24, 2.45) is 5.73 Å². The van der Waals surface area contributed by atoms with E-state index in [0.29, 0.717) is 12.2 Å². The molecule has 1 aliphatic heterocycles. The number of halogens is 2. The number of nitrogens with zero attached hydrogens (tertiary/aromatic N) is 3. The Kier molecular flexibility index (Phi) is 5.73. The number of anilines is 3. The average Bonchev–Trinajstić information content (AvgIpc) is 3.39. The Morgan fingerprint density at radius 1 is 1.24 bits per heavy atom. The minimum atomic E-state index is -0.763. The number of piperidine rings is 1. The molecule has 178 valence electrons. The van der Waals surface area contributed by atoms with Crippen molar-refractivity contribution in [3.63, 3.8) is 0 Å². The zero-order chi connectivity index (χ0) is 24.0. The lowest BCUT2D eigenvalue weighted by atomic mass is 9.91. The summed E-state index contributed by atoms with van der Waals surface area (Å²) in [6, 6.07) is 3.55. The van der Waals surface area contributed by atoms with Gasteiger partial charge in [0.05, 0.1) is 23.1 Å². The fourth-order valence-electron chi connectivity index (χ4n) is 4.89. The van der Waals surface area contributed by atoms with Gasteiger partial charge in [-0.1, -0.05) is 17.4 Å². The number of benzene rings is 1. The van der Waals surface area contributed by atoms with Crippen LogP contribution in [0.2, 0.25) is 0 Å². The molecule has 0 spiro atoms. The fraction of sp³-hybridized carbons (Fsp3) is 0.375. The van der Waals surface area contributed by atoms with E-state index in [9.17, 15) is 13.6 Å². The molecule has 1 amide bonds. The molecule has 3 aromatic rings. The molecule has 5 N–H and O–H groups in total. The summed E-state index contributed by atoms with van der Waals surface area (Å²) in [6.07, 6.45) is 6.35. The third-order valence-electron chi connectivity index (χ3n) is 6.42. The first-order valence-corrected chi connectivity index (χ1v) is 12.1. The number of aromatic nitrogens is 2. The summed E-state index contributed by atoms with van der Waals surface area (Å²) < 4.78 is 28.5. The van der Waals surface area contributed by atoms with Crippen LogP contribution in [0.5, 0.6) is 0 Å². The van der Waals surface area contributed by atoms with Crippen LogP contribution in [0.1, 0.15) is 47.9 Å². The summed E-state index contributed by atoms with van der Waals surface area (Å²) in [4.78, 5) is 24.2. The van der Waals surface area contributed by atoms with E-state index in [1.165, 1.54) is 6.07 Å². The van der Waals surface area contributed by atoms with Crippen LogP contribution in [0.25, 0.3) is 10.6 Å². The van der Waals surface area contributed by atoms with Gasteiger partial charge < -0.3 is 21.7 Å². The number of nitrogens with two attached hydrogens (primary N) is 2. The largest absolute Gasteiger partial charge is 0.389 e. The van der Waals surface area contributed by atoms with E-state index in [-0.39, 0.29) is 26.8 Å². The van der Waals surface area contributed by atoms with Crippen molar-refractivity contribution in [2.75, 3.05) is 29.0 Å². The average molecular weight is 485 g/mol. The van der Waals surface area contributed by atoms with Crippen LogP contribution in [-0.2, 0) is 12.8 Å². The second kappa shape index (κ2) is 8.59. The zero-order valence-corrected chi connectivity index (χ0v) is 19.6. The Labute approximate surface area is 200 Å². The normalized spacial score (nSPS) is 19.8. The third-order valence-corrected chi connectivity index (χ3v) is 7.32. The number of hydrogen-bond donors (Lipinski definition) is 3. The van der Waals surface area contributed by atoms with E-state index in [0.717, 1.165) is 79.1 Å². The van der Waals surface area contributed by atoms with E-state index >= 15 is 0 Å². The van der Waals surface area contributed by atoms with Crippen LogP contribution < -0.4 is 21.7 Å². The zero-order valence-electron chi connectivity index (χ0n) is 18.8. The van der Waals surface area contributed by atoms with Crippen LogP contribution in [0.15, 0.2) is 24.4 Å². The van der Waals surface area contributed by atoms with E-state index in [2.05, 4.69) is 20.2 Å². The minimum Gasteiger partial charge on any atom is -0.389 e. The summed E-state index contributed by atoms with van der Waals surface area (Å²) in [6.45, 7) is 3.54. The molecule has 1 atom stereocenters. The van der Waals surface area contributed by atoms with Crippen LogP contribution in [0.4, 0.5) is 25.2 Å². The van der Waals surface area contributed by atoms with Crippen LogP contribution in [0, 0.1) is 11.6 Å². The standard InChI is InChI=1S/C24H26F2N6OS/c1-24(28)9-4-10-32(12-24)20-13-5-2-8-16(13)29-11-17(20)30-22(33)19-21(27)34-23(31-19)18-14(25)6-3-7-15(18)26/h3,6-7,11H,2,4-5,8-10,12,27-28H2,1H3,(H,30,33)/t24-/m1/s1. The van der Waals surface area contributed by atoms with Gasteiger partial charge in [0, 0.05) is 24.3 Å². The van der Waals surface area contributed by atoms with Crippen molar-refractivity contribution >= 4 is 33.6 Å². The predicted octanol–water partition coefficient (Wildman–Crippen LogP) is 4.12. The molecule has 0 radical (unpaired) electrons. The fourth-order valence-corrected chi connectivity index (χ4v) is 5.77. The predicted molar refractivity (Wildman–Crippen MR) is 130 cm³/mol. The third kappa shape index (κ3) is 4.12. The monoisotopic (exact) mass is 484 g/mol. The van der Waals surface area contributed by atoms with Gasteiger partial charge in [-0.3, -0.25) is 9.78 Å². The minimum absolute atomic E-state index is 0.0143. The molecule has 2 aliphatic rings. The van der Waals surface area contributed by atoms with Crippen molar-refractivity contribution in [2.45, 2.75) is 44.6 Å². The molecule has 5 rings (SSSR count). The molecule has 10 heteroatoms. The van der Waals surface area contributed by atoms with Gasteiger partial charge in [-0.25, -0.2) is 13.8 Å². The Balaban J connectivity index is 1.49. The highest BCUT2D eigenvalue weighted by Gasteiger charge is 2.32. The van der Waals surface area contributed by atoms with Crippen LogP contribution in [-0.4, -0.2) is 34.5 Å². The number of carbonyl (C=O) groups is 1. The number of fused-ring (bicyclic) bond motifs is 1. The van der Waals surface area contributed by atoms with Crippen molar-refractivity contribution < 1.29 is 13.6 Å². The van der Waals surface area contributed by atoms with Gasteiger partial charge in [-0.2, -0.15) is 0 Å². The Hall–Kier alpha value is -3.11. The number of aryl methyl sites for hydroxylation is 1. The van der Waals surface area contributed by atoms with Crippen LogP contribution >= 0.6 is 11.3 Å². The number of hydrogen-bond acceptors (Lipinski definition) is 7. The molecule has 0 bridgehead atoms. The van der Waals surface area contributed by atoms with Gasteiger partial charge in [0.1, 0.15) is 21.6 Å². The van der Waals surface area contributed by atoms with Gasteiger partial charge in [0.15, 0.2) is 5.69 Å². The topological polar surface area (TPSA) is 110 Å². The van der Waals surface area contributed by atoms with Crippen molar-refractivity contribution in [1.82, 2.24) is 9.97 Å². The molecule has 7 nitrogen and oxygen atoms in total. The number of rotatable bonds is 4. The SMILES string of the molecule is C[C@@]1(N)CCCN(c2c(NC(=O)c3nc(-c4c(F)cccc4F)sc3N)cnc3c2CCC3)C1. The number of thiazole rings is 1. The van der Waals surface area contributed by atoms with Gasteiger partial charge in [-0.15, -0.1) is 0 Å². The Morgan fingerprint density at radius 3 is 2.74 bits per heavy atom. The molecular formula is C24H26F2N6OS. The molecule has 3 heterocycles. The second-order valence-electron chi connectivity index (χ2n) is 9.26. The van der Waals surface area contributed by atoms with Gasteiger partial charge in [0.25, 0.3) is 5.91 Å². The maximum Gasteiger partial charge on any atom is 0.277 e. The smallest absolute Gasteiger partial charge is 0.277 e. The van der Waals surface area contributed by atoms with Gasteiger partial charge in [-0.05, 0) is 56.7 Å². The number of carbonyl (C=O) groups excluding carboxylic acids is 1. The highest BCUT2D eigenvalue weighted by molar-refractivity contribution is 7.19. The molecule has 1 saturated heterocycles. The number of nitrogens with one attached hydrogen (secondary N) is 1. The molecular weight excluding hydrogens is 458 g/mol. The van der Waals surface area contributed by atoms with E-state index in [4.69, 9.17) is 11.5 Å². The molecule has 1 fully saturated rings. The maximum atomic E-state index is 14.2. The Morgan fingerprint density at radius 2 is 2.00 bits per heavy atom. The summed E-state index contributed by atoms with van der Waals surface area (Å²) in [7, 11) is 0. The van der Waals surface area contributed by atoms with E-state index in [1.807, 2.05) is 6.92 Å². The highest BCUT2D eigenvalue weighted by atomic mass is 32.1. The lowest BCUT2D eigenvalue weighted by Gasteiger charge is -2.40. The number of pyridine rings is 1. The summed E-state index contributed by atoms with van der Waals surface area (Å²) in [5.41, 5.74) is 15.5. The lowest BCUT2D eigenvalue weighted by molar-refractivity contribution is 0.102. The first-order valence-electron chi connectivity index (χ1n) is 11.3. The van der Waals surface area contributed by atoms with Crippen LogP contribution in [0.3, 0.4) is 0 Å². The Bertz CT molecular complexity index is 1250. The summed E-state index contributed by atoms with van der Waals surface area (Å²) >= 11 is 0.870. The van der Waals surface area contributed by atoms with Crippen molar-refractivity contribution in [1.29, 1.82) is 0 Å². The molecule has 34 heavy (non-hydrogen) atoms. The first kappa shape index (κ1) is 22.7. The van der Waals surface area contributed by atoms with Crippen molar-refractivity contribution in [3.05, 3.63) is 53.0 Å². The van der Waals surface area contributed by atoms with E-state index < -0.39 is 17.5 Å². The number of nitrogen functional groups attached to an aromatic ring is 1. The molecule has 0 unspecified atom stereocenters. The molecule has 2 aromatic heterocycles. The summed E-state index contributed by atoms with van der Waals surface area (Å²) in [5.74, 6) is -2.08. The second-order valence-corrected chi connectivity index (χ2v) is 10.3. The maximum absolute atomic E-state index is 14.2. The number of amides is 1. The molecule has 1 aliphatic carbocycles. The lowest BCUT2D eigenvalue weighted by Crippen LogP contribution is -2.52. The first-order chi connectivity index (χ1) is 16.2.